The van der Waals surface area contributed by atoms with E-state index in [1.54, 1.807) is 0 Å². The lowest BCUT2D eigenvalue weighted by atomic mass is 9.97. The molecule has 0 spiro atoms. The van der Waals surface area contributed by atoms with Crippen molar-refractivity contribution in [3.8, 4) is 0 Å². The molecule has 2 N–H and O–H groups in total. The van der Waals surface area contributed by atoms with E-state index in [1.807, 2.05) is 26.0 Å². The van der Waals surface area contributed by atoms with Gasteiger partial charge in [0.2, 0.25) is 5.91 Å². The largest absolute Gasteiger partial charge is 0.469 e. The molecule has 0 atom stereocenters. The fourth-order valence-electron chi connectivity index (χ4n) is 3.86. The summed E-state index contributed by atoms with van der Waals surface area (Å²) in [4.78, 5) is 38.8. The Morgan fingerprint density at radius 3 is 2.68 bits per heavy atom. The molecule has 2 aliphatic rings. The minimum Gasteiger partial charge on any atom is -0.469 e. The number of hydrogen-bond donors (Lipinski definition) is 2. The molecular weight excluding hydrogens is 394 g/mol. The van der Waals surface area contributed by atoms with Gasteiger partial charge >= 0.3 is 5.97 Å². The van der Waals surface area contributed by atoms with E-state index in [-0.39, 0.29) is 24.8 Å². The van der Waals surface area contributed by atoms with Crippen molar-refractivity contribution in [2.24, 2.45) is 0 Å². The number of ether oxygens (including phenoxy) is 1. The lowest BCUT2D eigenvalue weighted by Crippen LogP contribution is -2.40. The van der Waals surface area contributed by atoms with E-state index in [4.69, 9.17) is 4.74 Å². The van der Waals surface area contributed by atoms with Crippen molar-refractivity contribution in [1.82, 2.24) is 5.32 Å². The van der Waals surface area contributed by atoms with Crippen LogP contribution in [0.1, 0.15) is 49.7 Å². The summed E-state index contributed by atoms with van der Waals surface area (Å²) in [5, 5.41) is 6.11. The number of methoxy groups -OCH3 is 1. The molecule has 1 aliphatic carbocycles. The van der Waals surface area contributed by atoms with E-state index in [1.165, 1.54) is 36.5 Å². The van der Waals surface area contributed by atoms with Crippen molar-refractivity contribution in [3.63, 3.8) is 0 Å². The van der Waals surface area contributed by atoms with Crippen molar-refractivity contribution < 1.29 is 19.1 Å². The molecule has 7 nitrogen and oxygen atoms in total. The molecule has 3 rings (SSSR count). The van der Waals surface area contributed by atoms with Crippen LogP contribution in [-0.2, 0) is 19.1 Å². The van der Waals surface area contributed by atoms with E-state index in [0.29, 0.717) is 23.6 Å². The summed E-state index contributed by atoms with van der Waals surface area (Å²) in [6, 6.07) is 3.82. The van der Waals surface area contributed by atoms with E-state index >= 15 is 0 Å². The Hall–Kier alpha value is -3.09. The first kappa shape index (κ1) is 22.6. The highest BCUT2D eigenvalue weighted by atomic mass is 16.5. The fourth-order valence-corrected chi connectivity index (χ4v) is 3.86. The summed E-state index contributed by atoms with van der Waals surface area (Å²) in [7, 11) is 1.31. The summed E-state index contributed by atoms with van der Waals surface area (Å²) in [6.07, 6.45) is 9.11. The molecule has 0 unspecified atom stereocenters. The molecule has 166 valence electrons. The Morgan fingerprint density at radius 1 is 1.19 bits per heavy atom. The van der Waals surface area contributed by atoms with Gasteiger partial charge in [-0.2, -0.15) is 0 Å². The summed E-state index contributed by atoms with van der Waals surface area (Å²) >= 11 is 0. The van der Waals surface area contributed by atoms with Crippen LogP contribution in [0.5, 0.6) is 0 Å². The number of nitrogens with one attached hydrogen (secondary N) is 2. The number of aryl methyl sites for hydroxylation is 2. The molecule has 1 aliphatic heterocycles. The summed E-state index contributed by atoms with van der Waals surface area (Å²) in [5.74, 6) is -1.00. The molecule has 0 aromatic heterocycles. The SMILES string of the molecule is COC(=O)CC1=CC(=O)N(CC(=O)NCCC2=CCCCC2)c2cc(C)c(C)cc2N1. The van der Waals surface area contributed by atoms with Crippen molar-refractivity contribution in [2.45, 2.75) is 52.4 Å². The van der Waals surface area contributed by atoms with Gasteiger partial charge < -0.3 is 15.4 Å². The van der Waals surface area contributed by atoms with Crippen LogP contribution in [0.25, 0.3) is 0 Å². The normalized spacial score (nSPS) is 15.8. The van der Waals surface area contributed by atoms with Crippen LogP contribution < -0.4 is 15.5 Å². The molecule has 2 amide bonds. The van der Waals surface area contributed by atoms with Crippen molar-refractivity contribution in [1.29, 1.82) is 0 Å². The number of amides is 2. The van der Waals surface area contributed by atoms with Crippen molar-refractivity contribution in [3.05, 3.63) is 46.7 Å². The molecule has 7 heteroatoms. The number of allylic oxidation sites excluding steroid dienone is 1. The fraction of sp³-hybridized carbons (Fsp3) is 0.458. The Morgan fingerprint density at radius 2 is 1.97 bits per heavy atom. The Bertz CT molecular complexity index is 933. The lowest BCUT2D eigenvalue weighted by molar-refractivity contribution is -0.139. The first-order valence-corrected chi connectivity index (χ1v) is 10.8. The number of fused-ring (bicyclic) bond motifs is 1. The second kappa shape index (κ2) is 10.3. The van der Waals surface area contributed by atoms with Crippen LogP contribution in [0.3, 0.4) is 0 Å². The third-order valence-electron chi connectivity index (χ3n) is 5.78. The number of benzene rings is 1. The zero-order chi connectivity index (χ0) is 22.4. The summed E-state index contributed by atoms with van der Waals surface area (Å²) in [6.45, 7) is 4.42. The van der Waals surface area contributed by atoms with Crippen LogP contribution in [0.15, 0.2) is 35.6 Å². The van der Waals surface area contributed by atoms with Crippen LogP contribution in [0, 0.1) is 13.8 Å². The highest BCUT2D eigenvalue weighted by Gasteiger charge is 2.26. The highest BCUT2D eigenvalue weighted by molar-refractivity contribution is 6.09. The molecule has 1 heterocycles. The number of carbonyl (C=O) groups is 3. The third kappa shape index (κ3) is 5.96. The van der Waals surface area contributed by atoms with Gasteiger partial charge in [-0.1, -0.05) is 11.6 Å². The van der Waals surface area contributed by atoms with Gasteiger partial charge in [-0.15, -0.1) is 0 Å². The summed E-state index contributed by atoms with van der Waals surface area (Å²) < 4.78 is 4.73. The zero-order valence-electron chi connectivity index (χ0n) is 18.5. The number of carbonyl (C=O) groups excluding carboxylic acids is 3. The Labute approximate surface area is 183 Å². The second-order valence-corrected chi connectivity index (χ2v) is 8.13. The second-order valence-electron chi connectivity index (χ2n) is 8.13. The molecule has 0 radical (unpaired) electrons. The maximum Gasteiger partial charge on any atom is 0.311 e. The van der Waals surface area contributed by atoms with Gasteiger partial charge in [-0.05, 0) is 69.2 Å². The average molecular weight is 426 g/mol. The standard InChI is InChI=1S/C24H31N3O4/c1-16-11-20-21(12-17(16)2)27(23(29)13-19(26-20)14-24(30)31-3)15-22(28)25-10-9-18-7-5-4-6-8-18/h7,11-13,26H,4-6,8-10,14-15H2,1-3H3,(H,25,28). The lowest BCUT2D eigenvalue weighted by Gasteiger charge is -2.23. The topological polar surface area (TPSA) is 87.7 Å². The maximum absolute atomic E-state index is 13.0. The van der Waals surface area contributed by atoms with E-state index in [9.17, 15) is 14.4 Å². The number of hydrogen-bond acceptors (Lipinski definition) is 5. The predicted molar refractivity (Wildman–Crippen MR) is 121 cm³/mol. The predicted octanol–water partition coefficient (Wildman–Crippen LogP) is 3.52. The first-order valence-electron chi connectivity index (χ1n) is 10.8. The third-order valence-corrected chi connectivity index (χ3v) is 5.78. The van der Waals surface area contributed by atoms with E-state index < -0.39 is 5.97 Å². The Kier molecular flexibility index (Phi) is 7.50. The number of anilines is 2. The first-order chi connectivity index (χ1) is 14.9. The minimum absolute atomic E-state index is 0.0518. The van der Waals surface area contributed by atoms with Gasteiger partial charge in [0.15, 0.2) is 0 Å². The van der Waals surface area contributed by atoms with Crippen molar-refractivity contribution in [2.75, 3.05) is 30.4 Å². The van der Waals surface area contributed by atoms with Gasteiger partial charge in [0.1, 0.15) is 6.54 Å². The van der Waals surface area contributed by atoms with Crippen LogP contribution in [0.4, 0.5) is 11.4 Å². The van der Waals surface area contributed by atoms with Gasteiger partial charge in [0.05, 0.1) is 24.9 Å². The smallest absolute Gasteiger partial charge is 0.311 e. The molecule has 0 fully saturated rings. The average Bonchev–Trinajstić information content (AvgIpc) is 2.86. The molecule has 1 aromatic rings. The van der Waals surface area contributed by atoms with Gasteiger partial charge in [-0.25, -0.2) is 0 Å². The zero-order valence-corrected chi connectivity index (χ0v) is 18.5. The number of esters is 1. The number of rotatable bonds is 7. The molecule has 0 saturated heterocycles. The maximum atomic E-state index is 13.0. The van der Waals surface area contributed by atoms with Crippen LogP contribution in [0.2, 0.25) is 0 Å². The molecule has 1 aromatic carbocycles. The molecule has 31 heavy (non-hydrogen) atoms. The minimum atomic E-state index is -0.444. The monoisotopic (exact) mass is 425 g/mol. The molecule has 0 bridgehead atoms. The van der Waals surface area contributed by atoms with E-state index in [0.717, 1.165) is 30.4 Å². The van der Waals surface area contributed by atoms with Gasteiger partial charge in [-0.3, -0.25) is 19.3 Å². The van der Waals surface area contributed by atoms with E-state index in [2.05, 4.69) is 16.7 Å². The molecule has 0 saturated carbocycles. The highest BCUT2D eigenvalue weighted by Crippen LogP contribution is 2.33. The van der Waals surface area contributed by atoms with Crippen LogP contribution >= 0.6 is 0 Å². The van der Waals surface area contributed by atoms with Gasteiger partial charge in [0, 0.05) is 18.3 Å². The Balaban J connectivity index is 1.75. The van der Waals surface area contributed by atoms with Crippen molar-refractivity contribution >= 4 is 29.2 Å². The summed E-state index contributed by atoms with van der Waals surface area (Å²) in [5.41, 5.74) is 5.20. The number of nitrogens with zero attached hydrogens (tertiary/aromatic N) is 1. The van der Waals surface area contributed by atoms with Gasteiger partial charge in [0.25, 0.3) is 5.91 Å². The van der Waals surface area contributed by atoms with Crippen LogP contribution in [-0.4, -0.2) is 38.0 Å². The quantitative estimate of drug-likeness (QED) is 0.516. The molecular formula is C24H31N3O4.